The Bertz CT molecular complexity index is 440. The Balaban J connectivity index is 2.58. The third-order valence-electron chi connectivity index (χ3n) is 2.11. The zero-order chi connectivity index (χ0) is 12.2. The molecule has 0 heterocycles. The van der Waals surface area contributed by atoms with Gasteiger partial charge in [-0.1, -0.05) is 12.1 Å². The Kier molecular flexibility index (Phi) is 4.32. The first-order valence-electron chi connectivity index (χ1n) is 5.04. The van der Waals surface area contributed by atoms with E-state index < -0.39 is 9.84 Å². The lowest BCUT2D eigenvalue weighted by Crippen LogP contribution is -2.12. The molecule has 0 radical (unpaired) electrons. The number of hydrogen-bond donors (Lipinski definition) is 1. The molecule has 0 saturated carbocycles. The minimum Gasteiger partial charge on any atom is -0.493 e. The largest absolute Gasteiger partial charge is 0.493 e. The van der Waals surface area contributed by atoms with E-state index in [9.17, 15) is 8.42 Å². The molecule has 0 aliphatic heterocycles. The average Bonchev–Trinajstić information content (AvgIpc) is 2.16. The van der Waals surface area contributed by atoms with Crippen LogP contribution in [0, 0.1) is 0 Å². The van der Waals surface area contributed by atoms with Gasteiger partial charge in [-0.05, 0) is 24.6 Å². The molecular formula is C11H17NO3S. The second-order valence-electron chi connectivity index (χ2n) is 3.84. The van der Waals surface area contributed by atoms with Gasteiger partial charge in [0.05, 0.1) is 5.75 Å². The smallest absolute Gasteiger partial charge is 0.150 e. The summed E-state index contributed by atoms with van der Waals surface area (Å²) in [7, 11) is -2.97. The van der Waals surface area contributed by atoms with Crippen molar-refractivity contribution in [3.8, 4) is 5.75 Å². The van der Waals surface area contributed by atoms with Gasteiger partial charge in [-0.15, -0.1) is 0 Å². The van der Waals surface area contributed by atoms with E-state index in [4.69, 9.17) is 10.5 Å². The Morgan fingerprint density at radius 1 is 1.44 bits per heavy atom. The molecule has 0 unspecified atom stereocenters. The van der Waals surface area contributed by atoms with Gasteiger partial charge in [0.1, 0.15) is 12.4 Å². The van der Waals surface area contributed by atoms with Crippen molar-refractivity contribution < 1.29 is 13.2 Å². The summed E-state index contributed by atoms with van der Waals surface area (Å²) in [5, 5.41) is 0. The molecule has 0 aliphatic rings. The van der Waals surface area contributed by atoms with Crippen LogP contribution in [0.25, 0.3) is 0 Å². The zero-order valence-corrected chi connectivity index (χ0v) is 10.3. The predicted molar refractivity (Wildman–Crippen MR) is 64.3 cm³/mol. The maximum absolute atomic E-state index is 10.9. The molecule has 0 aliphatic carbocycles. The van der Waals surface area contributed by atoms with Crippen LogP contribution in [0.1, 0.15) is 18.5 Å². The second-order valence-corrected chi connectivity index (χ2v) is 6.10. The molecule has 0 amide bonds. The van der Waals surface area contributed by atoms with Crippen LogP contribution < -0.4 is 10.5 Å². The maximum atomic E-state index is 10.9. The first-order chi connectivity index (χ1) is 7.38. The van der Waals surface area contributed by atoms with E-state index in [0.717, 1.165) is 5.56 Å². The summed E-state index contributed by atoms with van der Waals surface area (Å²) in [6, 6.07) is 7.31. The van der Waals surface area contributed by atoms with Gasteiger partial charge in [0.2, 0.25) is 0 Å². The van der Waals surface area contributed by atoms with Crippen LogP contribution in [-0.2, 0) is 9.84 Å². The fourth-order valence-corrected chi connectivity index (χ4v) is 1.58. The van der Waals surface area contributed by atoms with Gasteiger partial charge < -0.3 is 10.5 Å². The van der Waals surface area contributed by atoms with E-state index >= 15 is 0 Å². The number of sulfone groups is 1. The standard InChI is InChI=1S/C11H17NO3S/c1-9(12)10-4-3-5-11(8-10)15-6-7-16(2,13)14/h3-5,8-9H,6-7,12H2,1-2H3/t9-/m1/s1. The normalized spacial score (nSPS) is 13.4. The number of ether oxygens (including phenoxy) is 1. The molecule has 2 N–H and O–H groups in total. The number of rotatable bonds is 5. The van der Waals surface area contributed by atoms with Gasteiger partial charge in [0.15, 0.2) is 9.84 Å². The molecule has 5 heteroatoms. The van der Waals surface area contributed by atoms with Crippen molar-refractivity contribution in [3.63, 3.8) is 0 Å². The lowest BCUT2D eigenvalue weighted by Gasteiger charge is -2.09. The lowest BCUT2D eigenvalue weighted by molar-refractivity contribution is 0.340. The van der Waals surface area contributed by atoms with E-state index in [1.54, 1.807) is 6.07 Å². The van der Waals surface area contributed by atoms with Crippen LogP contribution in [0.5, 0.6) is 5.75 Å². The van der Waals surface area contributed by atoms with Crippen LogP contribution >= 0.6 is 0 Å². The van der Waals surface area contributed by atoms with Crippen LogP contribution in [-0.4, -0.2) is 27.0 Å². The zero-order valence-electron chi connectivity index (χ0n) is 9.51. The van der Waals surface area contributed by atoms with E-state index in [0.29, 0.717) is 5.75 Å². The molecule has 0 bridgehead atoms. The third-order valence-corrected chi connectivity index (χ3v) is 3.01. The monoisotopic (exact) mass is 243 g/mol. The van der Waals surface area contributed by atoms with E-state index in [1.165, 1.54) is 6.26 Å². The summed E-state index contributed by atoms with van der Waals surface area (Å²) in [5.74, 6) is 0.675. The van der Waals surface area contributed by atoms with Crippen molar-refractivity contribution in [1.82, 2.24) is 0 Å². The summed E-state index contributed by atoms with van der Waals surface area (Å²) in [4.78, 5) is 0. The summed E-state index contributed by atoms with van der Waals surface area (Å²) < 4.78 is 27.1. The maximum Gasteiger partial charge on any atom is 0.150 e. The molecule has 0 fully saturated rings. The van der Waals surface area contributed by atoms with Crippen molar-refractivity contribution in [2.75, 3.05) is 18.6 Å². The molecule has 1 aromatic rings. The van der Waals surface area contributed by atoms with Gasteiger partial charge in [0.25, 0.3) is 0 Å². The van der Waals surface area contributed by atoms with Crippen molar-refractivity contribution in [1.29, 1.82) is 0 Å². The molecule has 1 aromatic carbocycles. The van der Waals surface area contributed by atoms with Crippen LogP contribution in [0.3, 0.4) is 0 Å². The third kappa shape index (κ3) is 4.63. The number of hydrogen-bond acceptors (Lipinski definition) is 4. The Labute approximate surface area is 96.3 Å². The van der Waals surface area contributed by atoms with Gasteiger partial charge >= 0.3 is 0 Å². The number of nitrogens with two attached hydrogens (primary N) is 1. The lowest BCUT2D eigenvalue weighted by atomic mass is 10.1. The molecule has 0 saturated heterocycles. The van der Waals surface area contributed by atoms with E-state index in [1.807, 2.05) is 25.1 Å². The number of benzene rings is 1. The fraction of sp³-hybridized carbons (Fsp3) is 0.455. The van der Waals surface area contributed by atoms with Gasteiger partial charge in [-0.3, -0.25) is 0 Å². The van der Waals surface area contributed by atoms with Crippen molar-refractivity contribution >= 4 is 9.84 Å². The Morgan fingerprint density at radius 3 is 2.69 bits per heavy atom. The molecule has 1 rings (SSSR count). The summed E-state index contributed by atoms with van der Waals surface area (Å²) in [6.45, 7) is 2.05. The SMILES string of the molecule is C[C@@H](N)c1cccc(OCCS(C)(=O)=O)c1. The first kappa shape index (κ1) is 13.0. The molecule has 16 heavy (non-hydrogen) atoms. The second kappa shape index (κ2) is 5.32. The van der Waals surface area contributed by atoms with Crippen molar-refractivity contribution in [2.24, 2.45) is 5.73 Å². The van der Waals surface area contributed by atoms with Crippen molar-refractivity contribution in [2.45, 2.75) is 13.0 Å². The van der Waals surface area contributed by atoms with Crippen LogP contribution in [0.4, 0.5) is 0 Å². The van der Waals surface area contributed by atoms with Crippen LogP contribution in [0.15, 0.2) is 24.3 Å². The van der Waals surface area contributed by atoms with E-state index in [2.05, 4.69) is 0 Å². The van der Waals surface area contributed by atoms with Crippen LogP contribution in [0.2, 0.25) is 0 Å². The fourth-order valence-electron chi connectivity index (χ4n) is 1.20. The first-order valence-corrected chi connectivity index (χ1v) is 7.10. The van der Waals surface area contributed by atoms with Gasteiger partial charge in [-0.2, -0.15) is 0 Å². The summed E-state index contributed by atoms with van der Waals surface area (Å²) >= 11 is 0. The molecule has 0 aromatic heterocycles. The molecule has 90 valence electrons. The molecule has 4 nitrogen and oxygen atoms in total. The van der Waals surface area contributed by atoms with Gasteiger partial charge in [-0.25, -0.2) is 8.42 Å². The average molecular weight is 243 g/mol. The topological polar surface area (TPSA) is 69.4 Å². The Hall–Kier alpha value is -1.07. The molecule has 0 spiro atoms. The van der Waals surface area contributed by atoms with Crippen molar-refractivity contribution in [3.05, 3.63) is 29.8 Å². The summed E-state index contributed by atoms with van der Waals surface area (Å²) in [6.07, 6.45) is 1.19. The highest BCUT2D eigenvalue weighted by atomic mass is 32.2. The molecular weight excluding hydrogens is 226 g/mol. The molecule has 1 atom stereocenters. The highest BCUT2D eigenvalue weighted by Crippen LogP contribution is 2.17. The highest BCUT2D eigenvalue weighted by molar-refractivity contribution is 7.90. The quantitative estimate of drug-likeness (QED) is 0.841. The highest BCUT2D eigenvalue weighted by Gasteiger charge is 2.04. The summed E-state index contributed by atoms with van der Waals surface area (Å²) in [5.41, 5.74) is 6.70. The Morgan fingerprint density at radius 2 is 2.12 bits per heavy atom. The predicted octanol–water partition coefficient (Wildman–Crippen LogP) is 1.13. The van der Waals surface area contributed by atoms with E-state index in [-0.39, 0.29) is 18.4 Å². The van der Waals surface area contributed by atoms with Gasteiger partial charge in [0, 0.05) is 12.3 Å². The minimum absolute atomic E-state index is 0.0232. The minimum atomic E-state index is -2.97.